The number of nitrogen functional groups attached to an aromatic ring is 1. The van der Waals surface area contributed by atoms with Crippen LogP contribution in [0, 0.1) is 5.82 Å². The van der Waals surface area contributed by atoms with Gasteiger partial charge >= 0.3 is 6.18 Å². The highest BCUT2D eigenvalue weighted by atomic mass is 19.4. The minimum Gasteiger partial charge on any atom is -0.506 e. The summed E-state index contributed by atoms with van der Waals surface area (Å²) in [6.07, 6.45) is -4.64. The van der Waals surface area contributed by atoms with E-state index in [9.17, 15) is 22.7 Å². The Labute approximate surface area is 133 Å². The Kier molecular flexibility index (Phi) is 3.67. The van der Waals surface area contributed by atoms with Crippen LogP contribution in [0.15, 0.2) is 48.5 Å². The number of aromatic nitrogens is 2. The number of rotatable bonds is 2. The van der Waals surface area contributed by atoms with E-state index < -0.39 is 17.7 Å². The molecule has 0 saturated heterocycles. The lowest BCUT2D eigenvalue weighted by atomic mass is 10.1. The van der Waals surface area contributed by atoms with Gasteiger partial charge in [-0.25, -0.2) is 9.07 Å². The molecule has 3 N–H and O–H groups in total. The molecular weight excluding hydrogens is 326 g/mol. The van der Waals surface area contributed by atoms with Crippen molar-refractivity contribution in [1.82, 2.24) is 9.78 Å². The van der Waals surface area contributed by atoms with Crippen molar-refractivity contribution in [2.45, 2.75) is 6.18 Å². The predicted octanol–water partition coefficient (Wildman–Crippen LogP) is 3.99. The number of hydrogen-bond donors (Lipinski definition) is 2. The Bertz CT molecular complexity index is 885. The van der Waals surface area contributed by atoms with Crippen LogP contribution in [-0.2, 0) is 6.18 Å². The molecule has 0 spiro atoms. The first-order valence-corrected chi connectivity index (χ1v) is 6.78. The summed E-state index contributed by atoms with van der Waals surface area (Å²) < 4.78 is 53.2. The first-order chi connectivity index (χ1) is 11.3. The molecule has 0 aliphatic carbocycles. The van der Waals surface area contributed by atoms with Crippen molar-refractivity contribution < 1.29 is 22.7 Å². The van der Waals surface area contributed by atoms with Gasteiger partial charge in [-0.1, -0.05) is 0 Å². The normalized spacial score (nSPS) is 11.7. The quantitative estimate of drug-likeness (QED) is 0.422. The van der Waals surface area contributed by atoms with Crippen LogP contribution in [0.3, 0.4) is 0 Å². The first-order valence-electron chi connectivity index (χ1n) is 6.78. The third kappa shape index (κ3) is 2.90. The smallest absolute Gasteiger partial charge is 0.435 e. The monoisotopic (exact) mass is 337 g/mol. The molecule has 0 saturated carbocycles. The van der Waals surface area contributed by atoms with Crippen molar-refractivity contribution in [2.75, 3.05) is 5.73 Å². The van der Waals surface area contributed by atoms with Crippen LogP contribution in [0.25, 0.3) is 16.9 Å². The molecule has 8 heteroatoms. The van der Waals surface area contributed by atoms with Crippen LogP contribution in [-0.4, -0.2) is 14.9 Å². The predicted molar refractivity (Wildman–Crippen MR) is 80.0 cm³/mol. The molecule has 24 heavy (non-hydrogen) atoms. The van der Waals surface area contributed by atoms with Gasteiger partial charge in [0.25, 0.3) is 0 Å². The number of phenolic OH excluding ortho intramolecular Hbond substituents is 1. The molecule has 2 aromatic carbocycles. The van der Waals surface area contributed by atoms with Crippen LogP contribution < -0.4 is 5.73 Å². The van der Waals surface area contributed by atoms with Crippen molar-refractivity contribution >= 4 is 5.69 Å². The van der Waals surface area contributed by atoms with E-state index in [1.807, 2.05) is 0 Å². The van der Waals surface area contributed by atoms with Gasteiger partial charge in [0.15, 0.2) is 5.69 Å². The summed E-state index contributed by atoms with van der Waals surface area (Å²) in [6.45, 7) is 0. The van der Waals surface area contributed by atoms with Gasteiger partial charge in [-0.2, -0.15) is 18.3 Å². The van der Waals surface area contributed by atoms with E-state index in [0.717, 1.165) is 22.9 Å². The highest BCUT2D eigenvalue weighted by Gasteiger charge is 2.35. The molecule has 3 rings (SSSR count). The fourth-order valence-corrected chi connectivity index (χ4v) is 2.22. The molecule has 0 radical (unpaired) electrons. The second kappa shape index (κ2) is 5.55. The van der Waals surface area contributed by atoms with Gasteiger partial charge in [-0.3, -0.25) is 0 Å². The van der Waals surface area contributed by atoms with Crippen LogP contribution in [0.1, 0.15) is 5.69 Å². The van der Waals surface area contributed by atoms with Gasteiger partial charge in [0.05, 0.1) is 17.1 Å². The third-order valence-corrected chi connectivity index (χ3v) is 3.39. The van der Waals surface area contributed by atoms with E-state index in [-0.39, 0.29) is 22.8 Å². The Hall–Kier alpha value is -3.03. The van der Waals surface area contributed by atoms with Gasteiger partial charge in [-0.05, 0) is 48.5 Å². The number of benzene rings is 2. The summed E-state index contributed by atoms with van der Waals surface area (Å²) in [5, 5.41) is 13.0. The fourth-order valence-electron chi connectivity index (χ4n) is 2.22. The van der Waals surface area contributed by atoms with Crippen molar-refractivity contribution in [3.05, 3.63) is 60.0 Å². The van der Waals surface area contributed by atoms with Crippen LogP contribution >= 0.6 is 0 Å². The average Bonchev–Trinajstić information content (AvgIpc) is 2.96. The number of alkyl halides is 3. The number of hydrogen-bond acceptors (Lipinski definition) is 3. The second-order valence-electron chi connectivity index (χ2n) is 5.07. The van der Waals surface area contributed by atoms with E-state index in [4.69, 9.17) is 5.73 Å². The molecule has 0 aliphatic heterocycles. The van der Waals surface area contributed by atoms with Crippen molar-refractivity contribution in [3.63, 3.8) is 0 Å². The summed E-state index contributed by atoms with van der Waals surface area (Å²) in [7, 11) is 0. The number of aromatic hydroxyl groups is 1. The van der Waals surface area contributed by atoms with E-state index in [1.165, 1.54) is 30.3 Å². The molecule has 0 atom stereocenters. The molecule has 0 fully saturated rings. The van der Waals surface area contributed by atoms with E-state index in [2.05, 4.69) is 5.10 Å². The molecule has 4 nitrogen and oxygen atoms in total. The molecular formula is C16H11F4N3O. The molecule has 3 aromatic rings. The molecule has 1 heterocycles. The van der Waals surface area contributed by atoms with Gasteiger partial charge in [0.2, 0.25) is 0 Å². The minimum absolute atomic E-state index is 0.0212. The van der Waals surface area contributed by atoms with Gasteiger partial charge in [0.1, 0.15) is 11.6 Å². The van der Waals surface area contributed by atoms with E-state index in [1.54, 1.807) is 0 Å². The van der Waals surface area contributed by atoms with E-state index >= 15 is 0 Å². The lowest BCUT2D eigenvalue weighted by Crippen LogP contribution is -2.07. The number of halogens is 4. The standard InChI is InChI=1S/C16H11F4N3O/c17-10-2-4-11(5-3-10)23-13(8-15(22-23)16(18,19)20)9-1-6-14(24)12(21)7-9/h1-8,24H,21H2. The number of nitrogens with two attached hydrogens (primary N) is 1. The summed E-state index contributed by atoms with van der Waals surface area (Å²) in [5.41, 5.74) is 5.24. The summed E-state index contributed by atoms with van der Waals surface area (Å²) in [5.74, 6) is -0.694. The maximum Gasteiger partial charge on any atom is 0.435 e. The average molecular weight is 337 g/mol. The van der Waals surface area contributed by atoms with Gasteiger partial charge < -0.3 is 10.8 Å². The molecule has 0 bridgehead atoms. The maximum absolute atomic E-state index is 13.1. The second-order valence-corrected chi connectivity index (χ2v) is 5.07. The fraction of sp³-hybridized carbons (Fsp3) is 0.0625. The van der Waals surface area contributed by atoms with Gasteiger partial charge in [0, 0.05) is 5.56 Å². The van der Waals surface area contributed by atoms with Crippen molar-refractivity contribution in [3.8, 4) is 22.7 Å². The Balaban J connectivity index is 2.21. The zero-order chi connectivity index (χ0) is 17.5. The van der Waals surface area contributed by atoms with Crippen LogP contribution in [0.4, 0.5) is 23.2 Å². The Morgan fingerprint density at radius 3 is 2.25 bits per heavy atom. The Morgan fingerprint density at radius 2 is 1.67 bits per heavy atom. The van der Waals surface area contributed by atoms with Crippen molar-refractivity contribution in [2.24, 2.45) is 0 Å². The first kappa shape index (κ1) is 15.9. The molecule has 0 amide bonds. The molecule has 124 valence electrons. The number of anilines is 1. The van der Waals surface area contributed by atoms with Crippen LogP contribution in [0.2, 0.25) is 0 Å². The highest BCUT2D eigenvalue weighted by Crippen LogP contribution is 2.34. The summed E-state index contributed by atoms with van der Waals surface area (Å²) >= 11 is 0. The largest absolute Gasteiger partial charge is 0.506 e. The minimum atomic E-state index is -4.64. The highest BCUT2D eigenvalue weighted by molar-refractivity contribution is 5.70. The molecule has 1 aromatic heterocycles. The molecule has 0 aliphatic rings. The lowest BCUT2D eigenvalue weighted by molar-refractivity contribution is -0.141. The Morgan fingerprint density at radius 1 is 1.00 bits per heavy atom. The summed E-state index contributed by atoms with van der Waals surface area (Å²) in [4.78, 5) is 0. The van der Waals surface area contributed by atoms with Crippen LogP contribution in [0.5, 0.6) is 5.75 Å². The third-order valence-electron chi connectivity index (χ3n) is 3.39. The topological polar surface area (TPSA) is 64.1 Å². The molecule has 0 unspecified atom stereocenters. The summed E-state index contributed by atoms with van der Waals surface area (Å²) in [6, 6.07) is 9.79. The van der Waals surface area contributed by atoms with E-state index in [0.29, 0.717) is 5.56 Å². The lowest BCUT2D eigenvalue weighted by Gasteiger charge is -2.09. The number of nitrogens with zero attached hydrogens (tertiary/aromatic N) is 2. The van der Waals surface area contributed by atoms with Crippen molar-refractivity contribution in [1.29, 1.82) is 0 Å². The maximum atomic E-state index is 13.1. The zero-order valence-corrected chi connectivity index (χ0v) is 12.0. The zero-order valence-electron chi connectivity index (χ0n) is 12.0. The number of phenols is 1. The van der Waals surface area contributed by atoms with Gasteiger partial charge in [-0.15, -0.1) is 0 Å². The SMILES string of the molecule is Nc1cc(-c2cc(C(F)(F)F)nn2-c2ccc(F)cc2)ccc1O.